The second kappa shape index (κ2) is 6.13. The third-order valence-electron chi connectivity index (χ3n) is 2.53. The van der Waals surface area contributed by atoms with Gasteiger partial charge in [0.25, 0.3) is 0 Å². The van der Waals surface area contributed by atoms with E-state index in [4.69, 9.17) is 5.11 Å². The molecule has 0 unspecified atom stereocenters. The van der Waals surface area contributed by atoms with E-state index in [1.807, 2.05) is 0 Å². The fourth-order valence-electron chi connectivity index (χ4n) is 1.75. The highest BCUT2D eigenvalue weighted by Crippen LogP contribution is 2.24. The van der Waals surface area contributed by atoms with Gasteiger partial charge in [0.05, 0.1) is 0 Å². The highest BCUT2D eigenvalue weighted by molar-refractivity contribution is 9.10. The Morgan fingerprint density at radius 1 is 1.27 bits per heavy atom. The molecule has 0 aliphatic rings. The Labute approximate surface area is 100 Å². The molecule has 0 atom stereocenters. The number of rotatable bonds is 5. The molecule has 0 heterocycles. The summed E-state index contributed by atoms with van der Waals surface area (Å²) >= 11 is 3.46. The molecule has 0 bridgehead atoms. The minimum absolute atomic E-state index is 0.199. The van der Waals surface area contributed by atoms with E-state index < -0.39 is 0 Å². The lowest BCUT2D eigenvalue weighted by Crippen LogP contribution is -2.23. The van der Waals surface area contributed by atoms with Crippen molar-refractivity contribution in [2.24, 2.45) is 0 Å². The summed E-state index contributed by atoms with van der Waals surface area (Å²) in [7, 11) is 0. The first-order valence-corrected chi connectivity index (χ1v) is 6.16. The first kappa shape index (κ1) is 12.5. The first-order valence-electron chi connectivity index (χ1n) is 5.37. The number of hydrogen-bond donors (Lipinski definition) is 1. The average Bonchev–Trinajstić information content (AvgIpc) is 2.23. The number of aliphatic hydroxyl groups excluding tert-OH is 1. The number of nitrogens with zero attached hydrogens (tertiary/aromatic N) is 1. The van der Waals surface area contributed by atoms with Gasteiger partial charge < -0.3 is 10.0 Å². The van der Waals surface area contributed by atoms with Crippen LogP contribution in [0, 0.1) is 0 Å². The van der Waals surface area contributed by atoms with Crippen LogP contribution < -0.4 is 4.90 Å². The van der Waals surface area contributed by atoms with E-state index in [-0.39, 0.29) is 6.61 Å². The molecule has 1 aromatic rings. The highest BCUT2D eigenvalue weighted by Gasteiger charge is 2.08. The Morgan fingerprint density at radius 2 is 1.93 bits per heavy atom. The minimum Gasteiger partial charge on any atom is -0.396 e. The van der Waals surface area contributed by atoms with Gasteiger partial charge in [0.15, 0.2) is 0 Å². The molecule has 0 aliphatic heterocycles. The van der Waals surface area contributed by atoms with Crippen LogP contribution in [0.25, 0.3) is 0 Å². The molecule has 2 nitrogen and oxygen atoms in total. The summed E-state index contributed by atoms with van der Waals surface area (Å²) < 4.78 is 1.07. The van der Waals surface area contributed by atoms with Crippen LogP contribution in [0.15, 0.2) is 22.7 Å². The van der Waals surface area contributed by atoms with Gasteiger partial charge in [0.2, 0.25) is 0 Å². The van der Waals surface area contributed by atoms with E-state index in [0.717, 1.165) is 17.6 Å². The quantitative estimate of drug-likeness (QED) is 0.891. The molecule has 0 saturated heterocycles. The number of benzene rings is 1. The van der Waals surface area contributed by atoms with Gasteiger partial charge in [0, 0.05) is 29.9 Å². The van der Waals surface area contributed by atoms with Crippen LogP contribution in [0.3, 0.4) is 0 Å². The van der Waals surface area contributed by atoms with Crippen LogP contribution in [-0.4, -0.2) is 24.8 Å². The van der Waals surface area contributed by atoms with E-state index in [2.05, 4.69) is 52.9 Å². The molecule has 0 saturated carbocycles. The zero-order valence-electron chi connectivity index (χ0n) is 9.33. The lowest BCUT2D eigenvalue weighted by Gasteiger charge is -2.24. The van der Waals surface area contributed by atoms with Crippen LogP contribution in [0.1, 0.15) is 19.4 Å². The summed E-state index contributed by atoms with van der Waals surface area (Å²) in [4.78, 5) is 2.30. The Balaban J connectivity index is 3.03. The van der Waals surface area contributed by atoms with E-state index in [1.165, 1.54) is 11.3 Å². The van der Waals surface area contributed by atoms with Crippen molar-refractivity contribution in [2.75, 3.05) is 24.6 Å². The molecule has 0 aromatic heterocycles. The van der Waals surface area contributed by atoms with Crippen molar-refractivity contribution in [2.45, 2.75) is 20.3 Å². The lowest BCUT2D eigenvalue weighted by atomic mass is 10.1. The molecule has 1 N–H and O–H groups in total. The topological polar surface area (TPSA) is 23.5 Å². The largest absolute Gasteiger partial charge is 0.396 e. The first-order chi connectivity index (χ1) is 7.22. The molecule has 15 heavy (non-hydrogen) atoms. The van der Waals surface area contributed by atoms with Crippen molar-refractivity contribution in [1.82, 2.24) is 0 Å². The summed E-state index contributed by atoms with van der Waals surface area (Å²) in [6, 6.07) is 6.25. The zero-order valence-corrected chi connectivity index (χ0v) is 10.9. The summed E-state index contributed by atoms with van der Waals surface area (Å²) in [6.45, 7) is 6.49. The van der Waals surface area contributed by atoms with Crippen LogP contribution in [-0.2, 0) is 6.42 Å². The molecule has 3 heteroatoms. The summed E-state index contributed by atoms with van der Waals surface area (Å²) in [5, 5.41) is 9.03. The van der Waals surface area contributed by atoms with Gasteiger partial charge in [-0.1, -0.05) is 15.9 Å². The van der Waals surface area contributed by atoms with Crippen LogP contribution in [0.5, 0.6) is 0 Å². The Hall–Kier alpha value is -0.540. The molecule has 1 aromatic carbocycles. The molecule has 84 valence electrons. The summed E-state index contributed by atoms with van der Waals surface area (Å²) in [5.74, 6) is 0. The Morgan fingerprint density at radius 3 is 2.47 bits per heavy atom. The van der Waals surface area contributed by atoms with Gasteiger partial charge in [-0.3, -0.25) is 0 Å². The predicted octanol–water partition coefficient (Wildman–Crippen LogP) is 2.83. The second-order valence-electron chi connectivity index (χ2n) is 3.42. The van der Waals surface area contributed by atoms with E-state index in [1.54, 1.807) is 0 Å². The van der Waals surface area contributed by atoms with Crippen LogP contribution >= 0.6 is 15.9 Å². The molecular weight excluding hydrogens is 254 g/mol. The van der Waals surface area contributed by atoms with Crippen molar-refractivity contribution in [1.29, 1.82) is 0 Å². The SMILES string of the molecule is CCN(CC)c1ccc(Br)cc1CCO. The van der Waals surface area contributed by atoms with Gasteiger partial charge in [0.1, 0.15) is 0 Å². The number of aliphatic hydroxyl groups is 1. The van der Waals surface area contributed by atoms with Gasteiger partial charge >= 0.3 is 0 Å². The van der Waals surface area contributed by atoms with Crippen molar-refractivity contribution in [3.63, 3.8) is 0 Å². The number of halogens is 1. The molecular formula is C12H18BrNO. The molecule has 0 aliphatic carbocycles. The standard InChI is InChI=1S/C12H18BrNO/c1-3-14(4-2)12-6-5-11(13)9-10(12)7-8-15/h5-6,9,15H,3-4,7-8H2,1-2H3. The molecule has 0 fully saturated rings. The average molecular weight is 272 g/mol. The van der Waals surface area contributed by atoms with Crippen molar-refractivity contribution in [3.05, 3.63) is 28.2 Å². The second-order valence-corrected chi connectivity index (χ2v) is 4.33. The van der Waals surface area contributed by atoms with Crippen LogP contribution in [0.2, 0.25) is 0 Å². The van der Waals surface area contributed by atoms with E-state index >= 15 is 0 Å². The third kappa shape index (κ3) is 3.21. The Kier molecular flexibility index (Phi) is 5.12. The van der Waals surface area contributed by atoms with Crippen LogP contribution in [0.4, 0.5) is 5.69 Å². The highest BCUT2D eigenvalue weighted by atomic mass is 79.9. The zero-order chi connectivity index (χ0) is 11.3. The number of hydrogen-bond acceptors (Lipinski definition) is 2. The Bertz CT molecular complexity index is 310. The maximum atomic E-state index is 9.03. The van der Waals surface area contributed by atoms with Gasteiger partial charge in [-0.2, -0.15) is 0 Å². The third-order valence-corrected chi connectivity index (χ3v) is 3.02. The van der Waals surface area contributed by atoms with E-state index in [0.29, 0.717) is 6.42 Å². The summed E-state index contributed by atoms with van der Waals surface area (Å²) in [5.41, 5.74) is 2.44. The minimum atomic E-state index is 0.199. The van der Waals surface area contributed by atoms with Gasteiger partial charge in [-0.05, 0) is 44.0 Å². The smallest absolute Gasteiger partial charge is 0.0472 e. The monoisotopic (exact) mass is 271 g/mol. The van der Waals surface area contributed by atoms with E-state index in [9.17, 15) is 0 Å². The molecule has 0 radical (unpaired) electrons. The fourth-order valence-corrected chi connectivity index (χ4v) is 2.16. The maximum Gasteiger partial charge on any atom is 0.0472 e. The van der Waals surface area contributed by atoms with Crippen molar-refractivity contribution < 1.29 is 5.11 Å². The van der Waals surface area contributed by atoms with Crippen molar-refractivity contribution >= 4 is 21.6 Å². The number of anilines is 1. The molecule has 0 amide bonds. The molecule has 1 rings (SSSR count). The normalized spacial score (nSPS) is 10.4. The lowest BCUT2D eigenvalue weighted by molar-refractivity contribution is 0.299. The van der Waals surface area contributed by atoms with Gasteiger partial charge in [-0.15, -0.1) is 0 Å². The van der Waals surface area contributed by atoms with Crippen molar-refractivity contribution in [3.8, 4) is 0 Å². The predicted molar refractivity (Wildman–Crippen MR) is 68.5 cm³/mol. The van der Waals surface area contributed by atoms with Gasteiger partial charge in [-0.25, -0.2) is 0 Å². The molecule has 0 spiro atoms. The maximum absolute atomic E-state index is 9.03. The summed E-state index contributed by atoms with van der Waals surface area (Å²) in [6.07, 6.45) is 0.714. The fraction of sp³-hybridized carbons (Fsp3) is 0.500.